The Bertz CT molecular complexity index is 552. The zero-order chi connectivity index (χ0) is 13.1. The maximum atomic E-state index is 5.73. The van der Waals surface area contributed by atoms with Crippen molar-refractivity contribution in [2.75, 3.05) is 5.73 Å². The standard InChI is InChI=1S/C14H17N3O/c1-9(2)11-5-4-10(3)12(8-11)18-14-13(15)16-6-7-17-14/h4-9H,1-3H3,(H2,15,16). The summed E-state index contributed by atoms with van der Waals surface area (Å²) in [6, 6.07) is 6.16. The van der Waals surface area contributed by atoms with Crippen molar-refractivity contribution >= 4 is 5.82 Å². The minimum absolute atomic E-state index is 0.298. The van der Waals surface area contributed by atoms with E-state index >= 15 is 0 Å². The molecule has 0 fully saturated rings. The van der Waals surface area contributed by atoms with Crippen molar-refractivity contribution in [2.24, 2.45) is 0 Å². The summed E-state index contributed by atoms with van der Waals surface area (Å²) in [6.45, 7) is 6.28. The summed E-state index contributed by atoms with van der Waals surface area (Å²) in [4.78, 5) is 8.03. The van der Waals surface area contributed by atoms with Gasteiger partial charge in [-0.1, -0.05) is 26.0 Å². The van der Waals surface area contributed by atoms with Gasteiger partial charge in [0.15, 0.2) is 5.82 Å². The number of rotatable bonds is 3. The summed E-state index contributed by atoms with van der Waals surface area (Å²) in [5.41, 5.74) is 7.98. The third-order valence-corrected chi connectivity index (χ3v) is 2.78. The van der Waals surface area contributed by atoms with Crippen LogP contribution in [0.25, 0.3) is 0 Å². The highest BCUT2D eigenvalue weighted by Gasteiger charge is 2.08. The van der Waals surface area contributed by atoms with Crippen molar-refractivity contribution in [2.45, 2.75) is 26.7 Å². The number of nitrogens with zero attached hydrogens (tertiary/aromatic N) is 2. The predicted octanol–water partition coefficient (Wildman–Crippen LogP) is 3.28. The SMILES string of the molecule is Cc1ccc(C(C)C)cc1Oc1nccnc1N. The summed E-state index contributed by atoms with van der Waals surface area (Å²) in [5.74, 6) is 1.87. The van der Waals surface area contributed by atoms with Gasteiger partial charge in [-0.05, 0) is 30.0 Å². The van der Waals surface area contributed by atoms with Gasteiger partial charge >= 0.3 is 0 Å². The van der Waals surface area contributed by atoms with Gasteiger partial charge in [-0.3, -0.25) is 0 Å². The van der Waals surface area contributed by atoms with Crippen LogP contribution in [0.2, 0.25) is 0 Å². The summed E-state index contributed by atoms with van der Waals surface area (Å²) < 4.78 is 5.73. The molecule has 0 spiro atoms. The summed E-state index contributed by atoms with van der Waals surface area (Å²) >= 11 is 0. The topological polar surface area (TPSA) is 61.0 Å². The van der Waals surface area contributed by atoms with E-state index in [1.807, 2.05) is 19.1 Å². The highest BCUT2D eigenvalue weighted by molar-refractivity contribution is 5.45. The fourth-order valence-electron chi connectivity index (χ4n) is 1.60. The number of anilines is 1. The fraction of sp³-hybridized carbons (Fsp3) is 0.286. The van der Waals surface area contributed by atoms with Gasteiger partial charge in [0, 0.05) is 12.4 Å². The highest BCUT2D eigenvalue weighted by Crippen LogP contribution is 2.29. The van der Waals surface area contributed by atoms with Crippen LogP contribution in [0.15, 0.2) is 30.6 Å². The van der Waals surface area contributed by atoms with Crippen LogP contribution < -0.4 is 10.5 Å². The Labute approximate surface area is 107 Å². The van der Waals surface area contributed by atoms with Crippen LogP contribution in [0, 0.1) is 6.92 Å². The molecule has 0 saturated heterocycles. The molecule has 2 aromatic rings. The molecule has 0 unspecified atom stereocenters. The molecule has 0 aliphatic rings. The Balaban J connectivity index is 2.34. The number of aromatic nitrogens is 2. The first-order chi connectivity index (χ1) is 8.58. The van der Waals surface area contributed by atoms with Crippen LogP contribution in [0.3, 0.4) is 0 Å². The second-order valence-corrected chi connectivity index (χ2v) is 4.53. The van der Waals surface area contributed by atoms with Gasteiger partial charge in [0.1, 0.15) is 5.75 Å². The lowest BCUT2D eigenvalue weighted by Gasteiger charge is -2.12. The van der Waals surface area contributed by atoms with E-state index in [0.29, 0.717) is 17.6 Å². The number of nitrogen functional groups attached to an aromatic ring is 1. The minimum atomic E-state index is 0.298. The quantitative estimate of drug-likeness (QED) is 0.898. The molecule has 0 bridgehead atoms. The van der Waals surface area contributed by atoms with Gasteiger partial charge < -0.3 is 10.5 Å². The zero-order valence-corrected chi connectivity index (χ0v) is 10.8. The van der Waals surface area contributed by atoms with Crippen molar-refractivity contribution in [3.05, 3.63) is 41.7 Å². The number of hydrogen-bond donors (Lipinski definition) is 1. The van der Waals surface area contributed by atoms with Gasteiger partial charge in [-0.15, -0.1) is 0 Å². The normalized spacial score (nSPS) is 10.7. The molecule has 1 heterocycles. The van der Waals surface area contributed by atoms with E-state index in [-0.39, 0.29) is 0 Å². The molecule has 0 saturated carbocycles. The first kappa shape index (κ1) is 12.4. The smallest absolute Gasteiger partial charge is 0.262 e. The highest BCUT2D eigenvalue weighted by atomic mass is 16.5. The summed E-state index contributed by atoms with van der Waals surface area (Å²) in [6.07, 6.45) is 3.10. The van der Waals surface area contributed by atoms with Crippen LogP contribution in [-0.2, 0) is 0 Å². The molecule has 0 aliphatic carbocycles. The first-order valence-corrected chi connectivity index (χ1v) is 5.93. The van der Waals surface area contributed by atoms with E-state index in [2.05, 4.69) is 29.9 Å². The monoisotopic (exact) mass is 243 g/mol. The summed E-state index contributed by atoms with van der Waals surface area (Å²) in [7, 11) is 0. The van der Waals surface area contributed by atoms with Gasteiger partial charge in [-0.2, -0.15) is 0 Å². The lowest BCUT2D eigenvalue weighted by Crippen LogP contribution is -1.99. The molecule has 1 aromatic heterocycles. The van der Waals surface area contributed by atoms with E-state index < -0.39 is 0 Å². The van der Waals surface area contributed by atoms with Crippen molar-refractivity contribution in [1.82, 2.24) is 9.97 Å². The number of aryl methyl sites for hydroxylation is 1. The van der Waals surface area contributed by atoms with Gasteiger partial charge in [0.2, 0.25) is 0 Å². The molecule has 4 heteroatoms. The van der Waals surface area contributed by atoms with Crippen LogP contribution >= 0.6 is 0 Å². The molecule has 0 aliphatic heterocycles. The van der Waals surface area contributed by atoms with E-state index in [0.717, 1.165) is 11.3 Å². The molecular weight excluding hydrogens is 226 g/mol. The van der Waals surface area contributed by atoms with Gasteiger partial charge in [0.25, 0.3) is 5.88 Å². The Morgan fingerprint density at radius 2 is 1.89 bits per heavy atom. The van der Waals surface area contributed by atoms with Crippen LogP contribution in [0.1, 0.15) is 30.9 Å². The van der Waals surface area contributed by atoms with E-state index in [1.54, 1.807) is 12.4 Å². The molecule has 2 rings (SSSR count). The second kappa shape index (κ2) is 5.04. The molecule has 0 amide bonds. The van der Waals surface area contributed by atoms with Crippen molar-refractivity contribution in [3.63, 3.8) is 0 Å². The Kier molecular flexibility index (Phi) is 3.46. The van der Waals surface area contributed by atoms with Gasteiger partial charge in [0.05, 0.1) is 0 Å². The zero-order valence-electron chi connectivity index (χ0n) is 10.8. The first-order valence-electron chi connectivity index (χ1n) is 5.93. The number of benzene rings is 1. The molecule has 18 heavy (non-hydrogen) atoms. The maximum absolute atomic E-state index is 5.73. The van der Waals surface area contributed by atoms with E-state index in [9.17, 15) is 0 Å². The molecular formula is C14H17N3O. The van der Waals surface area contributed by atoms with Crippen molar-refractivity contribution < 1.29 is 4.74 Å². The van der Waals surface area contributed by atoms with Crippen molar-refractivity contribution in [3.8, 4) is 11.6 Å². The molecule has 4 nitrogen and oxygen atoms in total. The third-order valence-electron chi connectivity index (χ3n) is 2.78. The minimum Gasteiger partial charge on any atom is -0.436 e. The Morgan fingerprint density at radius 3 is 2.56 bits per heavy atom. The molecule has 94 valence electrons. The lowest BCUT2D eigenvalue weighted by atomic mass is 10.0. The molecule has 0 atom stereocenters. The van der Waals surface area contributed by atoms with E-state index in [4.69, 9.17) is 10.5 Å². The maximum Gasteiger partial charge on any atom is 0.262 e. The number of ether oxygens (including phenoxy) is 1. The Morgan fingerprint density at radius 1 is 1.17 bits per heavy atom. The van der Waals surface area contributed by atoms with E-state index in [1.165, 1.54) is 5.56 Å². The van der Waals surface area contributed by atoms with Crippen LogP contribution in [-0.4, -0.2) is 9.97 Å². The molecule has 2 N–H and O–H groups in total. The largest absolute Gasteiger partial charge is 0.436 e. The molecule has 0 radical (unpaired) electrons. The fourth-order valence-corrected chi connectivity index (χ4v) is 1.60. The average Bonchev–Trinajstić information content (AvgIpc) is 2.34. The van der Waals surface area contributed by atoms with Gasteiger partial charge in [-0.25, -0.2) is 9.97 Å². The summed E-state index contributed by atoms with van der Waals surface area (Å²) in [5, 5.41) is 0. The van der Waals surface area contributed by atoms with Crippen LogP contribution in [0.5, 0.6) is 11.6 Å². The lowest BCUT2D eigenvalue weighted by molar-refractivity contribution is 0.459. The predicted molar refractivity (Wildman–Crippen MR) is 71.8 cm³/mol. The number of hydrogen-bond acceptors (Lipinski definition) is 4. The second-order valence-electron chi connectivity index (χ2n) is 4.53. The third kappa shape index (κ3) is 2.59. The molecule has 1 aromatic carbocycles. The average molecular weight is 243 g/mol. The Hall–Kier alpha value is -2.10. The van der Waals surface area contributed by atoms with Crippen molar-refractivity contribution in [1.29, 1.82) is 0 Å². The van der Waals surface area contributed by atoms with Crippen LogP contribution in [0.4, 0.5) is 5.82 Å². The number of nitrogens with two attached hydrogens (primary N) is 1.